The van der Waals surface area contributed by atoms with Gasteiger partial charge in [-0.3, -0.25) is 9.89 Å². The molecule has 32 heavy (non-hydrogen) atoms. The number of carbonyl (C=O) groups excluding carboxylic acids is 1. The smallest absolute Gasteiger partial charge is 0.273 e. The molecule has 0 spiro atoms. The number of alkyl halides is 2. The number of H-pyrrole nitrogens is 2. The van der Waals surface area contributed by atoms with Crippen molar-refractivity contribution in [1.29, 1.82) is 0 Å². The van der Waals surface area contributed by atoms with E-state index in [1.165, 1.54) is 6.07 Å². The maximum Gasteiger partial charge on any atom is 0.273 e. The van der Waals surface area contributed by atoms with Crippen molar-refractivity contribution >= 4 is 16.8 Å². The van der Waals surface area contributed by atoms with Crippen molar-refractivity contribution in [3.63, 3.8) is 0 Å². The minimum atomic E-state index is -2.83. The molecule has 1 aliphatic rings. The van der Waals surface area contributed by atoms with Crippen LogP contribution in [0.2, 0.25) is 0 Å². The Balaban J connectivity index is 1.53. The van der Waals surface area contributed by atoms with E-state index in [0.717, 1.165) is 0 Å². The Hall–Kier alpha value is -3.75. The maximum atomic E-state index is 14.2. The van der Waals surface area contributed by atoms with Gasteiger partial charge < -0.3 is 15.0 Å². The third-order valence-corrected chi connectivity index (χ3v) is 6.02. The molecule has 1 aliphatic carbocycles. The van der Waals surface area contributed by atoms with Crippen LogP contribution in [0.4, 0.5) is 8.78 Å². The van der Waals surface area contributed by atoms with Gasteiger partial charge in [-0.2, -0.15) is 5.10 Å². The van der Waals surface area contributed by atoms with Crippen LogP contribution in [0.5, 0.6) is 5.75 Å². The number of aromatic amines is 2. The number of amides is 1. The number of aromatic nitrogens is 4. The van der Waals surface area contributed by atoms with E-state index in [1.54, 1.807) is 51.0 Å². The lowest BCUT2D eigenvalue weighted by molar-refractivity contribution is -0.00185. The van der Waals surface area contributed by atoms with Crippen molar-refractivity contribution in [3.8, 4) is 17.0 Å². The van der Waals surface area contributed by atoms with E-state index >= 15 is 0 Å². The Labute approximate surface area is 182 Å². The summed E-state index contributed by atoms with van der Waals surface area (Å²) in [5.41, 5.74) is 3.52. The van der Waals surface area contributed by atoms with Gasteiger partial charge in [-0.15, -0.1) is 0 Å². The molecule has 1 amide bonds. The molecule has 0 radical (unpaired) electrons. The van der Waals surface area contributed by atoms with Gasteiger partial charge in [0.05, 0.1) is 42.3 Å². The highest BCUT2D eigenvalue weighted by molar-refractivity contribution is 6.09. The van der Waals surface area contributed by atoms with E-state index in [0.29, 0.717) is 44.6 Å². The van der Waals surface area contributed by atoms with Crippen LogP contribution in [-0.2, 0) is 12.3 Å². The lowest BCUT2D eigenvalue weighted by Crippen LogP contribution is -2.27. The predicted molar refractivity (Wildman–Crippen MR) is 115 cm³/mol. The molecule has 4 aromatic rings. The molecule has 164 valence electrons. The minimum absolute atomic E-state index is 0.0526. The second-order valence-electron chi connectivity index (χ2n) is 7.89. The first-order valence-electron chi connectivity index (χ1n) is 10.2. The van der Waals surface area contributed by atoms with Crippen molar-refractivity contribution in [3.05, 3.63) is 65.2 Å². The topological polar surface area (TPSA) is 95.7 Å². The minimum Gasteiger partial charge on any atom is -0.495 e. The number of halogens is 2. The lowest BCUT2D eigenvalue weighted by atomic mass is 9.97. The molecule has 0 aliphatic heterocycles. The van der Waals surface area contributed by atoms with Gasteiger partial charge in [0, 0.05) is 23.7 Å². The summed E-state index contributed by atoms with van der Waals surface area (Å²) in [6.45, 7) is 1.80. The van der Waals surface area contributed by atoms with Gasteiger partial charge in [-0.25, -0.2) is 13.8 Å². The fourth-order valence-electron chi connectivity index (χ4n) is 4.49. The van der Waals surface area contributed by atoms with E-state index in [9.17, 15) is 13.6 Å². The zero-order chi connectivity index (χ0) is 22.5. The Morgan fingerprint density at radius 2 is 2.19 bits per heavy atom. The number of carbonyl (C=O) groups is 1. The van der Waals surface area contributed by atoms with E-state index in [4.69, 9.17) is 4.74 Å². The van der Waals surface area contributed by atoms with Crippen molar-refractivity contribution in [1.82, 2.24) is 25.5 Å². The summed E-state index contributed by atoms with van der Waals surface area (Å²) in [5.74, 6) is -2.63. The Morgan fingerprint density at radius 1 is 1.34 bits per heavy atom. The first-order chi connectivity index (χ1) is 15.4. The number of rotatable bonds is 5. The number of fused-ring (bicyclic) bond motifs is 2. The van der Waals surface area contributed by atoms with Crippen molar-refractivity contribution in [2.24, 2.45) is 0 Å². The van der Waals surface area contributed by atoms with Crippen LogP contribution in [0.25, 0.3) is 22.2 Å². The van der Waals surface area contributed by atoms with Crippen LogP contribution in [-0.4, -0.2) is 33.2 Å². The van der Waals surface area contributed by atoms with Crippen LogP contribution >= 0.6 is 0 Å². The van der Waals surface area contributed by atoms with Crippen LogP contribution in [0.15, 0.2) is 43.0 Å². The fourth-order valence-corrected chi connectivity index (χ4v) is 4.49. The summed E-state index contributed by atoms with van der Waals surface area (Å²) in [5, 5.41) is 10.6. The van der Waals surface area contributed by atoms with Gasteiger partial charge in [0.15, 0.2) is 0 Å². The Kier molecular flexibility index (Phi) is 4.69. The number of hydrogen-bond donors (Lipinski definition) is 3. The van der Waals surface area contributed by atoms with Gasteiger partial charge in [-0.1, -0.05) is 18.2 Å². The van der Waals surface area contributed by atoms with Gasteiger partial charge in [-0.05, 0) is 30.5 Å². The zero-order valence-corrected chi connectivity index (χ0v) is 17.5. The average Bonchev–Trinajstić information content (AvgIpc) is 3.53. The van der Waals surface area contributed by atoms with E-state index in [1.807, 2.05) is 0 Å². The summed E-state index contributed by atoms with van der Waals surface area (Å²) < 4.78 is 33.9. The Morgan fingerprint density at radius 3 is 2.94 bits per heavy atom. The SMILES string of the molecule is COc1c(-c2cnc[nH]2)cc(C(=O)N[C@H](C)c2cccc3c2CCC3(F)F)c2n[nH]cc12. The molecule has 1 atom stereocenters. The lowest BCUT2D eigenvalue weighted by Gasteiger charge is -2.19. The molecule has 9 heteroatoms. The van der Waals surface area contributed by atoms with Crippen molar-refractivity contribution < 1.29 is 18.3 Å². The molecule has 2 aromatic heterocycles. The van der Waals surface area contributed by atoms with Crippen molar-refractivity contribution in [2.75, 3.05) is 7.11 Å². The summed E-state index contributed by atoms with van der Waals surface area (Å²) in [6.07, 6.45) is 4.93. The van der Waals surface area contributed by atoms with E-state index < -0.39 is 12.0 Å². The summed E-state index contributed by atoms with van der Waals surface area (Å²) in [7, 11) is 1.55. The normalized spacial score (nSPS) is 15.5. The molecular formula is C23H21F2N5O2. The molecule has 0 saturated carbocycles. The number of imidazole rings is 1. The molecule has 7 nitrogen and oxygen atoms in total. The molecule has 0 unspecified atom stereocenters. The van der Waals surface area contributed by atoms with Gasteiger partial charge >= 0.3 is 0 Å². The molecule has 0 bridgehead atoms. The summed E-state index contributed by atoms with van der Waals surface area (Å²) in [4.78, 5) is 20.4. The second kappa shape index (κ2) is 7.44. The predicted octanol–water partition coefficient (Wildman–Crippen LogP) is 4.49. The van der Waals surface area contributed by atoms with Crippen LogP contribution in [0, 0.1) is 0 Å². The highest BCUT2D eigenvalue weighted by atomic mass is 19.3. The Bertz CT molecular complexity index is 1310. The number of nitrogens with one attached hydrogen (secondary N) is 3. The quantitative estimate of drug-likeness (QED) is 0.429. The average molecular weight is 437 g/mol. The third-order valence-electron chi connectivity index (χ3n) is 6.02. The third kappa shape index (κ3) is 3.12. The molecule has 0 saturated heterocycles. The second-order valence-corrected chi connectivity index (χ2v) is 7.89. The van der Waals surface area contributed by atoms with E-state index in [2.05, 4.69) is 25.5 Å². The summed E-state index contributed by atoms with van der Waals surface area (Å²) >= 11 is 0. The standard InChI is InChI=1S/C23H21F2N5O2/c1-12(13-4-3-5-18-14(13)6-7-23(18,24)25)29-22(31)16-8-15(19-10-26-11-27-19)21(32-2)17-9-28-30-20(16)17/h3-5,8-12H,6-7H2,1-2H3,(H,26,27)(H,28,30)(H,29,31)/t12-/m1/s1. The first kappa shape index (κ1) is 20.2. The maximum absolute atomic E-state index is 14.2. The number of methoxy groups -OCH3 is 1. The highest BCUT2D eigenvalue weighted by Crippen LogP contribution is 2.44. The molecule has 3 N–H and O–H groups in total. The molecule has 5 rings (SSSR count). The number of hydrogen-bond acceptors (Lipinski definition) is 4. The molecule has 2 heterocycles. The number of benzene rings is 2. The molecular weight excluding hydrogens is 416 g/mol. The van der Waals surface area contributed by atoms with Crippen LogP contribution < -0.4 is 10.1 Å². The molecule has 2 aromatic carbocycles. The number of ether oxygens (including phenoxy) is 1. The van der Waals surface area contributed by atoms with Crippen LogP contribution in [0.1, 0.15) is 46.4 Å². The zero-order valence-electron chi connectivity index (χ0n) is 17.5. The molecule has 0 fully saturated rings. The van der Waals surface area contributed by atoms with Gasteiger partial charge in [0.25, 0.3) is 11.8 Å². The van der Waals surface area contributed by atoms with Crippen LogP contribution in [0.3, 0.4) is 0 Å². The summed E-state index contributed by atoms with van der Waals surface area (Å²) in [6, 6.07) is 6.11. The van der Waals surface area contributed by atoms with E-state index in [-0.39, 0.29) is 24.3 Å². The largest absolute Gasteiger partial charge is 0.495 e. The highest BCUT2D eigenvalue weighted by Gasteiger charge is 2.40. The first-order valence-corrected chi connectivity index (χ1v) is 10.2. The number of nitrogens with zero attached hydrogens (tertiary/aromatic N) is 2. The van der Waals surface area contributed by atoms with Gasteiger partial charge in [0.2, 0.25) is 0 Å². The monoisotopic (exact) mass is 437 g/mol. The van der Waals surface area contributed by atoms with Gasteiger partial charge in [0.1, 0.15) is 11.3 Å². The van der Waals surface area contributed by atoms with Crippen molar-refractivity contribution in [2.45, 2.75) is 31.7 Å². The fraction of sp³-hybridized carbons (Fsp3) is 0.261.